The highest BCUT2D eigenvalue weighted by Gasteiger charge is 2.29. The molecule has 0 bridgehead atoms. The molecule has 1 amide bonds. The lowest BCUT2D eigenvalue weighted by Gasteiger charge is -2.13. The van der Waals surface area contributed by atoms with Crippen LogP contribution in [0.15, 0.2) is 0 Å². The summed E-state index contributed by atoms with van der Waals surface area (Å²) in [6, 6.07) is 0. The number of carbonyl (C=O) groups is 1. The smallest absolute Gasteiger partial charge is 0.287 e. The van der Waals surface area contributed by atoms with Crippen LogP contribution in [0.5, 0.6) is 0 Å². The van der Waals surface area contributed by atoms with Crippen LogP contribution in [0.2, 0.25) is 0 Å². The Morgan fingerprint density at radius 2 is 2.31 bits per heavy atom. The molecule has 0 radical (unpaired) electrons. The van der Waals surface area contributed by atoms with E-state index in [0.29, 0.717) is 5.69 Å². The van der Waals surface area contributed by atoms with Gasteiger partial charge in [-0.3, -0.25) is 9.89 Å². The zero-order valence-corrected chi connectivity index (χ0v) is 8.55. The van der Waals surface area contributed by atoms with Crippen LogP contribution < -0.4 is 11.1 Å². The van der Waals surface area contributed by atoms with Gasteiger partial charge in [-0.1, -0.05) is 0 Å². The van der Waals surface area contributed by atoms with E-state index in [1.54, 1.807) is 6.92 Å². The van der Waals surface area contributed by atoms with Crippen molar-refractivity contribution in [3.63, 3.8) is 0 Å². The van der Waals surface area contributed by atoms with Crippen molar-refractivity contribution in [3.8, 4) is 0 Å². The minimum atomic E-state index is -3.35. The van der Waals surface area contributed by atoms with Crippen LogP contribution in [0.3, 0.4) is 0 Å². The first-order valence-electron chi connectivity index (χ1n) is 4.44. The number of aliphatic hydroxyl groups is 1. The third-order valence-corrected chi connectivity index (χ3v) is 1.95. The molecule has 0 aliphatic carbocycles. The van der Waals surface area contributed by atoms with E-state index in [-0.39, 0.29) is 11.4 Å². The number of halogens is 2. The summed E-state index contributed by atoms with van der Waals surface area (Å²) in [4.78, 5) is 11.4. The lowest BCUT2D eigenvalue weighted by atomic mass is 10.3. The Kier molecular flexibility index (Phi) is 3.43. The number of rotatable bonds is 4. The second-order valence-corrected chi connectivity index (χ2v) is 3.31. The number of aromatic amines is 1. The number of aliphatic hydroxyl groups excluding tert-OH is 1. The number of aryl methyl sites for hydroxylation is 1. The molecule has 90 valence electrons. The monoisotopic (exact) mass is 234 g/mol. The van der Waals surface area contributed by atoms with Crippen molar-refractivity contribution in [2.75, 3.05) is 18.9 Å². The average Bonchev–Trinajstić information content (AvgIpc) is 2.57. The second-order valence-electron chi connectivity index (χ2n) is 3.31. The third kappa shape index (κ3) is 2.66. The Balaban J connectivity index is 2.64. The molecule has 1 rings (SSSR count). The first kappa shape index (κ1) is 12.4. The Bertz CT molecular complexity index is 391. The van der Waals surface area contributed by atoms with Crippen LogP contribution in [0.1, 0.15) is 16.2 Å². The molecular weight excluding hydrogens is 222 g/mol. The molecular formula is C8H12F2N4O2. The van der Waals surface area contributed by atoms with Gasteiger partial charge in [0.05, 0.1) is 17.9 Å². The third-order valence-electron chi connectivity index (χ3n) is 1.95. The molecule has 0 fully saturated rings. The molecule has 1 aromatic heterocycles. The quantitative estimate of drug-likeness (QED) is 0.572. The number of nitrogens with two attached hydrogens (primary N) is 1. The fourth-order valence-electron chi connectivity index (χ4n) is 0.960. The van der Waals surface area contributed by atoms with Crippen molar-refractivity contribution in [3.05, 3.63) is 11.4 Å². The molecule has 6 nitrogen and oxygen atoms in total. The first-order valence-corrected chi connectivity index (χ1v) is 4.44. The molecule has 0 aromatic carbocycles. The predicted octanol–water partition coefficient (Wildman–Crippen LogP) is -0.342. The zero-order chi connectivity index (χ0) is 12.3. The van der Waals surface area contributed by atoms with Crippen molar-refractivity contribution in [1.29, 1.82) is 0 Å². The summed E-state index contributed by atoms with van der Waals surface area (Å²) < 4.78 is 25.2. The van der Waals surface area contributed by atoms with Crippen molar-refractivity contribution in [2.45, 2.75) is 12.8 Å². The van der Waals surface area contributed by atoms with E-state index in [0.717, 1.165) is 0 Å². The highest BCUT2D eigenvalue weighted by molar-refractivity contribution is 5.97. The summed E-state index contributed by atoms with van der Waals surface area (Å²) in [7, 11) is 0. The number of alkyl halides is 2. The maximum atomic E-state index is 12.6. The van der Waals surface area contributed by atoms with Crippen molar-refractivity contribution in [1.82, 2.24) is 15.5 Å². The number of H-pyrrole nitrogens is 1. The van der Waals surface area contributed by atoms with Crippen LogP contribution in [-0.4, -0.2) is 40.3 Å². The van der Waals surface area contributed by atoms with Gasteiger partial charge in [-0.15, -0.1) is 0 Å². The maximum Gasteiger partial charge on any atom is 0.287 e. The molecule has 0 saturated carbocycles. The molecule has 0 atom stereocenters. The Labute approximate surface area is 89.8 Å². The average molecular weight is 234 g/mol. The van der Waals surface area contributed by atoms with Crippen LogP contribution in [0.4, 0.5) is 14.5 Å². The summed E-state index contributed by atoms with van der Waals surface area (Å²) in [6.07, 6.45) is 0. The van der Waals surface area contributed by atoms with E-state index < -0.39 is 25.0 Å². The summed E-state index contributed by atoms with van der Waals surface area (Å²) in [6.45, 7) is -0.697. The molecule has 0 aliphatic rings. The summed E-state index contributed by atoms with van der Waals surface area (Å²) in [5, 5.41) is 16.2. The molecule has 1 aromatic rings. The van der Waals surface area contributed by atoms with Crippen molar-refractivity contribution >= 4 is 11.6 Å². The number of nitrogens with zero attached hydrogens (tertiary/aromatic N) is 1. The summed E-state index contributed by atoms with van der Waals surface area (Å²) in [5.74, 6) is -4.16. The van der Waals surface area contributed by atoms with Gasteiger partial charge in [0.2, 0.25) is 0 Å². The van der Waals surface area contributed by atoms with Crippen LogP contribution >= 0.6 is 0 Å². The predicted molar refractivity (Wildman–Crippen MR) is 52.1 cm³/mol. The van der Waals surface area contributed by atoms with Gasteiger partial charge in [0.25, 0.3) is 11.8 Å². The van der Waals surface area contributed by atoms with Crippen molar-refractivity contribution < 1.29 is 18.7 Å². The Hall–Kier alpha value is -1.70. The number of carbonyl (C=O) groups excluding carboxylic acids is 1. The molecule has 0 spiro atoms. The number of nitrogen functional groups attached to an aromatic ring is 1. The molecule has 8 heteroatoms. The topological polar surface area (TPSA) is 104 Å². The molecule has 1 heterocycles. The molecule has 0 unspecified atom stereocenters. The SMILES string of the molecule is Cc1[nH]nc(C(=O)NCC(F)(F)CO)c1N. The molecule has 5 N–H and O–H groups in total. The van der Waals surface area contributed by atoms with E-state index in [2.05, 4.69) is 10.2 Å². The fourth-order valence-corrected chi connectivity index (χ4v) is 0.960. The first-order chi connectivity index (χ1) is 7.37. The van der Waals surface area contributed by atoms with Crippen LogP contribution in [-0.2, 0) is 0 Å². The largest absolute Gasteiger partial charge is 0.395 e. The summed E-state index contributed by atoms with van der Waals surface area (Å²) in [5.41, 5.74) is 5.95. The van der Waals surface area contributed by atoms with Crippen molar-refractivity contribution in [2.24, 2.45) is 0 Å². The lowest BCUT2D eigenvalue weighted by Crippen LogP contribution is -2.39. The standard InChI is InChI=1S/C8H12F2N4O2/c1-4-5(11)6(14-13-4)7(16)12-2-8(9,10)3-15/h15H,2-3,11H2,1H3,(H,12,16)(H,13,14). The van der Waals surface area contributed by atoms with Gasteiger partial charge < -0.3 is 16.2 Å². The van der Waals surface area contributed by atoms with Gasteiger partial charge in [-0.05, 0) is 6.92 Å². The highest BCUT2D eigenvalue weighted by Crippen LogP contribution is 2.13. The number of hydrogen-bond acceptors (Lipinski definition) is 4. The minimum absolute atomic E-state index is 0.116. The number of aromatic nitrogens is 2. The van der Waals surface area contributed by atoms with Gasteiger partial charge in [0.1, 0.15) is 6.61 Å². The van der Waals surface area contributed by atoms with Crippen LogP contribution in [0, 0.1) is 6.92 Å². The van der Waals surface area contributed by atoms with E-state index in [4.69, 9.17) is 10.8 Å². The van der Waals surface area contributed by atoms with Gasteiger partial charge in [-0.2, -0.15) is 5.10 Å². The number of hydrogen-bond donors (Lipinski definition) is 4. The number of nitrogens with one attached hydrogen (secondary N) is 2. The lowest BCUT2D eigenvalue weighted by molar-refractivity contribution is -0.0462. The minimum Gasteiger partial charge on any atom is -0.395 e. The Morgan fingerprint density at radius 1 is 1.69 bits per heavy atom. The number of amides is 1. The zero-order valence-electron chi connectivity index (χ0n) is 8.55. The van der Waals surface area contributed by atoms with Crippen LogP contribution in [0.25, 0.3) is 0 Å². The van der Waals surface area contributed by atoms with E-state index in [9.17, 15) is 13.6 Å². The molecule has 0 saturated heterocycles. The van der Waals surface area contributed by atoms with Gasteiger partial charge in [-0.25, -0.2) is 8.78 Å². The van der Waals surface area contributed by atoms with E-state index >= 15 is 0 Å². The van der Waals surface area contributed by atoms with Gasteiger partial charge >= 0.3 is 0 Å². The Morgan fingerprint density at radius 3 is 2.75 bits per heavy atom. The second kappa shape index (κ2) is 4.44. The highest BCUT2D eigenvalue weighted by atomic mass is 19.3. The summed E-state index contributed by atoms with van der Waals surface area (Å²) >= 11 is 0. The molecule has 16 heavy (non-hydrogen) atoms. The molecule has 0 aliphatic heterocycles. The fraction of sp³-hybridized carbons (Fsp3) is 0.500. The van der Waals surface area contributed by atoms with Gasteiger partial charge in [0.15, 0.2) is 5.69 Å². The van der Waals surface area contributed by atoms with E-state index in [1.807, 2.05) is 5.32 Å². The normalized spacial score (nSPS) is 11.5. The van der Waals surface area contributed by atoms with E-state index in [1.165, 1.54) is 0 Å². The maximum absolute atomic E-state index is 12.6. The van der Waals surface area contributed by atoms with Gasteiger partial charge in [0, 0.05) is 0 Å². The number of anilines is 1.